The van der Waals surface area contributed by atoms with Gasteiger partial charge in [-0.15, -0.1) is 0 Å². The molecule has 3 heteroatoms. The van der Waals surface area contributed by atoms with Crippen molar-refractivity contribution in [1.82, 2.24) is 9.47 Å². The van der Waals surface area contributed by atoms with E-state index in [0.717, 1.165) is 11.6 Å². The van der Waals surface area contributed by atoms with Crippen LogP contribution in [0.4, 0.5) is 0 Å². The summed E-state index contributed by atoms with van der Waals surface area (Å²) in [6, 6.07) is 8.47. The van der Waals surface area contributed by atoms with Gasteiger partial charge in [0.2, 0.25) is 0 Å². The molecule has 0 spiro atoms. The first-order valence-electron chi connectivity index (χ1n) is 6.46. The van der Waals surface area contributed by atoms with Crippen LogP contribution >= 0.6 is 11.6 Å². The number of fused-ring (bicyclic) bond motifs is 4. The summed E-state index contributed by atoms with van der Waals surface area (Å²) in [4.78, 5) is 2.40. The number of halogens is 1. The molecule has 2 aromatic rings. The highest BCUT2D eigenvalue weighted by molar-refractivity contribution is 6.31. The molecule has 0 fully saturated rings. The highest BCUT2D eigenvalue weighted by Crippen LogP contribution is 2.39. The van der Waals surface area contributed by atoms with E-state index in [1.165, 1.54) is 41.7 Å². The smallest absolute Gasteiger partial charge is 0.0658 e. The van der Waals surface area contributed by atoms with E-state index in [4.69, 9.17) is 11.6 Å². The summed E-state index contributed by atoms with van der Waals surface area (Å²) in [6.07, 6.45) is 2.53. The summed E-state index contributed by atoms with van der Waals surface area (Å²) in [5, 5.41) is 2.07. The highest BCUT2D eigenvalue weighted by Gasteiger charge is 2.28. The van der Waals surface area contributed by atoms with Crippen molar-refractivity contribution in [3.05, 3.63) is 40.6 Å². The minimum atomic E-state index is 0.818. The molecule has 0 aliphatic carbocycles. The van der Waals surface area contributed by atoms with Crippen molar-refractivity contribution in [2.24, 2.45) is 0 Å². The molecule has 0 unspecified atom stereocenters. The standard InChI is InChI=1S/C15H15ClN2/c1-17-6-2-3-10-9-18-13-5-4-12(16)7-11(13)8-14(18)15(10)17/h4-5,7-8H,2-3,6,9H2,1H3. The predicted molar refractivity (Wildman–Crippen MR) is 75.7 cm³/mol. The van der Waals surface area contributed by atoms with E-state index >= 15 is 0 Å². The van der Waals surface area contributed by atoms with E-state index in [9.17, 15) is 0 Å². The molecule has 0 atom stereocenters. The number of nitrogens with zero attached hydrogens (tertiary/aromatic N) is 2. The molecule has 0 saturated carbocycles. The quantitative estimate of drug-likeness (QED) is 0.699. The van der Waals surface area contributed by atoms with Crippen molar-refractivity contribution in [2.45, 2.75) is 19.4 Å². The van der Waals surface area contributed by atoms with E-state index in [1.807, 2.05) is 6.07 Å². The summed E-state index contributed by atoms with van der Waals surface area (Å²) < 4.78 is 2.43. The first-order chi connectivity index (χ1) is 8.74. The zero-order valence-electron chi connectivity index (χ0n) is 10.4. The molecule has 0 amide bonds. The number of rotatable bonds is 0. The summed E-state index contributed by atoms with van der Waals surface area (Å²) in [5.41, 5.74) is 5.71. The van der Waals surface area contributed by atoms with Crippen molar-refractivity contribution in [3.63, 3.8) is 0 Å². The Bertz CT molecular complexity index is 681. The minimum Gasteiger partial charge on any atom is -0.373 e. The van der Waals surface area contributed by atoms with Crippen LogP contribution in [0.25, 0.3) is 16.6 Å². The predicted octanol–water partition coefficient (Wildman–Crippen LogP) is 3.75. The number of benzene rings is 1. The van der Waals surface area contributed by atoms with Gasteiger partial charge in [0.1, 0.15) is 0 Å². The monoisotopic (exact) mass is 258 g/mol. The molecule has 0 N–H and O–H groups in total. The molecule has 0 radical (unpaired) electrons. The molecule has 0 bridgehead atoms. The lowest BCUT2D eigenvalue weighted by Crippen LogP contribution is -2.22. The van der Waals surface area contributed by atoms with E-state index < -0.39 is 0 Å². The Morgan fingerprint density at radius 1 is 1.22 bits per heavy atom. The third-order valence-electron chi connectivity index (χ3n) is 4.14. The Morgan fingerprint density at radius 2 is 2.11 bits per heavy atom. The van der Waals surface area contributed by atoms with Gasteiger partial charge in [-0.1, -0.05) is 11.6 Å². The fraction of sp³-hybridized carbons (Fsp3) is 0.333. The molecule has 2 nitrogen and oxygen atoms in total. The first-order valence-corrected chi connectivity index (χ1v) is 6.84. The lowest BCUT2D eigenvalue weighted by atomic mass is 10.0. The molecular weight excluding hydrogens is 244 g/mol. The second kappa shape index (κ2) is 3.55. The van der Waals surface area contributed by atoms with Crippen LogP contribution in [0.2, 0.25) is 5.02 Å². The van der Waals surface area contributed by atoms with Crippen LogP contribution < -0.4 is 0 Å². The first kappa shape index (κ1) is 10.5. The largest absolute Gasteiger partial charge is 0.373 e. The number of allylic oxidation sites excluding steroid dienone is 1. The van der Waals surface area contributed by atoms with E-state index in [1.54, 1.807) is 5.57 Å². The Hall–Kier alpha value is -1.41. The van der Waals surface area contributed by atoms with Gasteiger partial charge in [0, 0.05) is 36.1 Å². The SMILES string of the molecule is CN1CCCC2=C1c1cc3cc(Cl)ccc3n1C2. The molecule has 3 heterocycles. The third kappa shape index (κ3) is 1.30. The molecular formula is C15H15ClN2. The van der Waals surface area contributed by atoms with Gasteiger partial charge in [0.05, 0.1) is 11.4 Å². The maximum Gasteiger partial charge on any atom is 0.0658 e. The third-order valence-corrected chi connectivity index (χ3v) is 4.38. The Labute approximate surface area is 111 Å². The van der Waals surface area contributed by atoms with Crippen molar-refractivity contribution < 1.29 is 0 Å². The van der Waals surface area contributed by atoms with Crippen LogP contribution in [0.3, 0.4) is 0 Å². The van der Waals surface area contributed by atoms with E-state index in [-0.39, 0.29) is 0 Å². The zero-order valence-corrected chi connectivity index (χ0v) is 11.2. The molecule has 18 heavy (non-hydrogen) atoms. The topological polar surface area (TPSA) is 8.17 Å². The van der Waals surface area contributed by atoms with Crippen molar-refractivity contribution >= 4 is 28.2 Å². The second-order valence-electron chi connectivity index (χ2n) is 5.30. The lowest BCUT2D eigenvalue weighted by Gasteiger charge is -2.26. The zero-order chi connectivity index (χ0) is 12.3. The van der Waals surface area contributed by atoms with Crippen molar-refractivity contribution in [3.8, 4) is 0 Å². The van der Waals surface area contributed by atoms with Crippen LogP contribution in [0.1, 0.15) is 18.5 Å². The summed E-state index contributed by atoms with van der Waals surface area (Å²) in [7, 11) is 2.20. The van der Waals surface area contributed by atoms with Gasteiger partial charge < -0.3 is 9.47 Å². The van der Waals surface area contributed by atoms with Crippen LogP contribution in [0, 0.1) is 0 Å². The van der Waals surface area contributed by atoms with E-state index in [2.05, 4.69) is 34.7 Å². The molecule has 92 valence electrons. The van der Waals surface area contributed by atoms with Gasteiger partial charge in [-0.25, -0.2) is 0 Å². The van der Waals surface area contributed by atoms with Crippen molar-refractivity contribution in [1.29, 1.82) is 0 Å². The maximum absolute atomic E-state index is 6.08. The van der Waals surface area contributed by atoms with Gasteiger partial charge in [-0.05, 0) is 42.7 Å². The fourth-order valence-electron chi connectivity index (χ4n) is 3.36. The highest BCUT2D eigenvalue weighted by atomic mass is 35.5. The van der Waals surface area contributed by atoms with Gasteiger partial charge in [0.15, 0.2) is 0 Å². The molecule has 2 aliphatic rings. The average molecular weight is 259 g/mol. The van der Waals surface area contributed by atoms with Crippen molar-refractivity contribution in [2.75, 3.05) is 13.6 Å². The summed E-state index contributed by atoms with van der Waals surface area (Å²) in [5.74, 6) is 0. The molecule has 4 rings (SSSR count). The van der Waals surface area contributed by atoms with Crippen LogP contribution in [0.5, 0.6) is 0 Å². The van der Waals surface area contributed by atoms with Gasteiger partial charge in [-0.3, -0.25) is 0 Å². The Morgan fingerprint density at radius 3 is 3.00 bits per heavy atom. The maximum atomic E-state index is 6.08. The van der Waals surface area contributed by atoms with Gasteiger partial charge >= 0.3 is 0 Å². The summed E-state index contributed by atoms with van der Waals surface area (Å²) in [6.45, 7) is 2.22. The van der Waals surface area contributed by atoms with Crippen LogP contribution in [0.15, 0.2) is 29.8 Å². The van der Waals surface area contributed by atoms with Gasteiger partial charge in [-0.2, -0.15) is 0 Å². The fourth-order valence-corrected chi connectivity index (χ4v) is 3.54. The Kier molecular flexibility index (Phi) is 2.07. The lowest BCUT2D eigenvalue weighted by molar-refractivity contribution is 0.442. The molecule has 1 aromatic carbocycles. The molecule has 1 aromatic heterocycles. The number of aromatic nitrogens is 1. The molecule has 2 aliphatic heterocycles. The second-order valence-corrected chi connectivity index (χ2v) is 5.73. The van der Waals surface area contributed by atoms with E-state index in [0.29, 0.717) is 0 Å². The Balaban J connectivity index is 1.96. The average Bonchev–Trinajstić information content (AvgIpc) is 2.84. The molecule has 0 saturated heterocycles. The van der Waals surface area contributed by atoms with Crippen LogP contribution in [-0.4, -0.2) is 23.1 Å². The number of hydrogen-bond donors (Lipinski definition) is 0. The minimum absolute atomic E-state index is 0.818. The normalized spacial score (nSPS) is 18.4. The van der Waals surface area contributed by atoms with Crippen LogP contribution in [-0.2, 0) is 6.54 Å². The summed E-state index contributed by atoms with van der Waals surface area (Å²) >= 11 is 6.08. The number of hydrogen-bond acceptors (Lipinski definition) is 1. The van der Waals surface area contributed by atoms with Gasteiger partial charge in [0.25, 0.3) is 0 Å².